The van der Waals surface area contributed by atoms with Gasteiger partial charge in [-0.3, -0.25) is 0 Å². The maximum atomic E-state index is 13.9. The second-order valence-corrected chi connectivity index (χ2v) is 7.16. The molecule has 1 heterocycles. The van der Waals surface area contributed by atoms with Crippen molar-refractivity contribution in [1.82, 2.24) is 4.98 Å². The van der Waals surface area contributed by atoms with Crippen LogP contribution in [0.2, 0.25) is 0 Å². The molecule has 0 saturated carbocycles. The number of aliphatic hydroxyl groups is 1. The third kappa shape index (κ3) is 3.68. The maximum Gasteiger partial charge on any atom is 0.350 e. The number of hydrogen-bond acceptors (Lipinski definition) is 5. The number of benzene rings is 1. The summed E-state index contributed by atoms with van der Waals surface area (Å²) < 4.78 is 19.8. The van der Waals surface area contributed by atoms with E-state index in [-0.39, 0.29) is 22.7 Å². The van der Waals surface area contributed by atoms with E-state index >= 15 is 0 Å². The number of hydrogen-bond donors (Lipinski definition) is 1. The molecule has 0 aliphatic carbocycles. The first-order valence-electron chi connectivity index (χ1n) is 5.90. The van der Waals surface area contributed by atoms with Crippen LogP contribution in [0.4, 0.5) is 4.39 Å². The van der Waals surface area contributed by atoms with Crippen molar-refractivity contribution in [3.05, 3.63) is 48.5 Å². The summed E-state index contributed by atoms with van der Waals surface area (Å²) in [6.07, 6.45) is -1.35. The number of esters is 1. The standard InChI is InChI=1S/C13H10Br2FNO3S/c1-2-20-12(19)11-9(17-13(15)21-11)10(18)7-4-3-6(14)5-8(7)16/h3-5,10,18H,2H2,1H3. The van der Waals surface area contributed by atoms with Crippen molar-refractivity contribution in [3.8, 4) is 0 Å². The molecule has 0 fully saturated rings. The number of carbonyl (C=O) groups is 1. The minimum atomic E-state index is -1.35. The van der Waals surface area contributed by atoms with Gasteiger partial charge >= 0.3 is 5.97 Å². The average molecular weight is 439 g/mol. The third-order valence-electron chi connectivity index (χ3n) is 2.60. The lowest BCUT2D eigenvalue weighted by atomic mass is 10.1. The fourth-order valence-electron chi connectivity index (χ4n) is 1.70. The fraction of sp³-hybridized carbons (Fsp3) is 0.231. The van der Waals surface area contributed by atoms with E-state index in [4.69, 9.17) is 4.74 Å². The van der Waals surface area contributed by atoms with Gasteiger partial charge in [0.1, 0.15) is 22.5 Å². The molecule has 0 spiro atoms. The zero-order valence-corrected chi connectivity index (χ0v) is 14.8. The third-order valence-corrected chi connectivity index (χ3v) is 4.60. The Bertz CT molecular complexity index is 677. The van der Waals surface area contributed by atoms with E-state index in [1.165, 1.54) is 12.1 Å². The average Bonchev–Trinajstić information content (AvgIpc) is 2.80. The number of aromatic nitrogens is 1. The number of thiazole rings is 1. The number of halogens is 3. The van der Waals surface area contributed by atoms with Crippen LogP contribution in [-0.4, -0.2) is 22.7 Å². The van der Waals surface area contributed by atoms with Gasteiger partial charge in [-0.15, -0.1) is 0 Å². The lowest BCUT2D eigenvalue weighted by Gasteiger charge is -2.11. The van der Waals surface area contributed by atoms with Crippen molar-refractivity contribution in [2.45, 2.75) is 13.0 Å². The molecule has 4 nitrogen and oxygen atoms in total. The van der Waals surface area contributed by atoms with Crippen molar-refractivity contribution in [3.63, 3.8) is 0 Å². The van der Waals surface area contributed by atoms with Crippen LogP contribution in [0.5, 0.6) is 0 Å². The molecular weight excluding hydrogens is 429 g/mol. The maximum absolute atomic E-state index is 13.9. The molecule has 1 unspecified atom stereocenters. The minimum Gasteiger partial charge on any atom is -0.462 e. The first-order chi connectivity index (χ1) is 9.93. The van der Waals surface area contributed by atoms with Crippen molar-refractivity contribution >= 4 is 49.2 Å². The van der Waals surface area contributed by atoms with Gasteiger partial charge in [-0.2, -0.15) is 0 Å². The molecule has 0 radical (unpaired) electrons. The Morgan fingerprint density at radius 3 is 2.86 bits per heavy atom. The molecular formula is C13H10Br2FNO3S. The number of nitrogens with zero attached hydrogens (tertiary/aromatic N) is 1. The Kier molecular flexibility index (Phi) is 5.48. The van der Waals surface area contributed by atoms with Gasteiger partial charge in [0, 0.05) is 10.0 Å². The normalized spacial score (nSPS) is 12.2. The van der Waals surface area contributed by atoms with Crippen LogP contribution in [0.3, 0.4) is 0 Å². The van der Waals surface area contributed by atoms with Crippen LogP contribution in [0.15, 0.2) is 26.6 Å². The zero-order valence-electron chi connectivity index (χ0n) is 10.8. The van der Waals surface area contributed by atoms with Crippen molar-refractivity contribution in [2.24, 2.45) is 0 Å². The van der Waals surface area contributed by atoms with E-state index in [1.54, 1.807) is 13.0 Å². The van der Waals surface area contributed by atoms with Gasteiger partial charge in [0.25, 0.3) is 0 Å². The molecule has 0 amide bonds. The number of rotatable bonds is 4. The number of carbonyl (C=O) groups excluding carboxylic acids is 1. The quantitative estimate of drug-likeness (QED) is 0.731. The smallest absolute Gasteiger partial charge is 0.350 e. The molecule has 1 N–H and O–H groups in total. The van der Waals surface area contributed by atoms with Gasteiger partial charge in [0.05, 0.1) is 6.61 Å². The van der Waals surface area contributed by atoms with Crippen LogP contribution in [0.25, 0.3) is 0 Å². The molecule has 2 rings (SSSR count). The Morgan fingerprint density at radius 2 is 2.24 bits per heavy atom. The molecule has 112 valence electrons. The predicted molar refractivity (Wildman–Crippen MR) is 83.9 cm³/mol. The second kappa shape index (κ2) is 6.95. The van der Waals surface area contributed by atoms with Gasteiger partial charge in [-0.25, -0.2) is 14.2 Å². The van der Waals surface area contributed by atoms with Crippen LogP contribution >= 0.6 is 43.2 Å². The number of ether oxygens (including phenoxy) is 1. The van der Waals surface area contributed by atoms with E-state index in [9.17, 15) is 14.3 Å². The van der Waals surface area contributed by atoms with Crippen LogP contribution in [0.1, 0.15) is 34.0 Å². The SMILES string of the molecule is CCOC(=O)c1sc(Br)nc1C(O)c1ccc(Br)cc1F. The van der Waals surface area contributed by atoms with E-state index in [0.717, 1.165) is 11.3 Å². The van der Waals surface area contributed by atoms with E-state index < -0.39 is 17.9 Å². The first kappa shape index (κ1) is 16.5. The second-order valence-electron chi connectivity index (χ2n) is 3.97. The summed E-state index contributed by atoms with van der Waals surface area (Å²) in [5, 5.41) is 10.3. The van der Waals surface area contributed by atoms with E-state index in [2.05, 4.69) is 36.8 Å². The lowest BCUT2D eigenvalue weighted by molar-refractivity contribution is 0.0526. The number of aliphatic hydroxyl groups excluding tert-OH is 1. The molecule has 2 aromatic rings. The molecule has 0 aliphatic rings. The Balaban J connectivity index is 2.43. The van der Waals surface area contributed by atoms with Crippen molar-refractivity contribution in [2.75, 3.05) is 6.61 Å². The molecule has 0 bridgehead atoms. The summed E-state index contributed by atoms with van der Waals surface area (Å²) in [6, 6.07) is 4.28. The highest BCUT2D eigenvalue weighted by Gasteiger charge is 2.26. The summed E-state index contributed by atoms with van der Waals surface area (Å²) in [5.74, 6) is -1.18. The van der Waals surface area contributed by atoms with Gasteiger partial charge in [-0.05, 0) is 35.0 Å². The largest absolute Gasteiger partial charge is 0.462 e. The summed E-state index contributed by atoms with van der Waals surface area (Å²) in [7, 11) is 0. The Hall–Kier alpha value is -0.830. The topological polar surface area (TPSA) is 59.4 Å². The Morgan fingerprint density at radius 1 is 1.52 bits per heavy atom. The highest BCUT2D eigenvalue weighted by molar-refractivity contribution is 9.11. The van der Waals surface area contributed by atoms with Crippen LogP contribution in [-0.2, 0) is 4.74 Å². The molecule has 0 saturated heterocycles. The molecule has 1 atom stereocenters. The fourth-order valence-corrected chi connectivity index (χ4v) is 3.43. The summed E-state index contributed by atoms with van der Waals surface area (Å²) in [4.78, 5) is 16.1. The lowest BCUT2D eigenvalue weighted by Crippen LogP contribution is -2.11. The van der Waals surface area contributed by atoms with Crippen LogP contribution in [0, 0.1) is 5.82 Å². The van der Waals surface area contributed by atoms with Gasteiger partial charge in [0.15, 0.2) is 3.92 Å². The summed E-state index contributed by atoms with van der Waals surface area (Å²) in [6.45, 7) is 1.88. The highest BCUT2D eigenvalue weighted by Crippen LogP contribution is 2.33. The van der Waals surface area contributed by atoms with E-state index in [0.29, 0.717) is 8.39 Å². The first-order valence-corrected chi connectivity index (χ1v) is 8.30. The van der Waals surface area contributed by atoms with Gasteiger partial charge in [0.2, 0.25) is 0 Å². The minimum absolute atomic E-state index is 0.0431. The molecule has 1 aromatic carbocycles. The highest BCUT2D eigenvalue weighted by atomic mass is 79.9. The molecule has 1 aromatic heterocycles. The van der Waals surface area contributed by atoms with Gasteiger partial charge < -0.3 is 9.84 Å². The molecule has 8 heteroatoms. The van der Waals surface area contributed by atoms with Gasteiger partial charge in [-0.1, -0.05) is 33.3 Å². The van der Waals surface area contributed by atoms with E-state index in [1.807, 2.05) is 0 Å². The monoisotopic (exact) mass is 437 g/mol. The molecule has 0 aliphatic heterocycles. The zero-order chi connectivity index (χ0) is 15.6. The van der Waals surface area contributed by atoms with Crippen molar-refractivity contribution < 1.29 is 19.0 Å². The van der Waals surface area contributed by atoms with Crippen molar-refractivity contribution in [1.29, 1.82) is 0 Å². The predicted octanol–water partition coefficient (Wildman–Crippen LogP) is 4.07. The summed E-state index contributed by atoms with van der Waals surface area (Å²) >= 11 is 7.34. The molecule has 21 heavy (non-hydrogen) atoms. The Labute approximate surface area is 141 Å². The summed E-state index contributed by atoms with van der Waals surface area (Å²) in [5.41, 5.74) is 0.119. The van der Waals surface area contributed by atoms with Crippen LogP contribution < -0.4 is 0 Å².